The van der Waals surface area contributed by atoms with Crippen LogP contribution in [0.5, 0.6) is 5.88 Å². The van der Waals surface area contributed by atoms with Gasteiger partial charge in [-0.25, -0.2) is 4.98 Å². The summed E-state index contributed by atoms with van der Waals surface area (Å²) in [6.07, 6.45) is 1.61. The van der Waals surface area contributed by atoms with Crippen molar-refractivity contribution in [1.82, 2.24) is 20.5 Å². The van der Waals surface area contributed by atoms with E-state index >= 15 is 0 Å². The molecule has 0 unspecified atom stereocenters. The van der Waals surface area contributed by atoms with E-state index in [1.807, 2.05) is 0 Å². The quantitative estimate of drug-likeness (QED) is 0.703. The molecular weight excluding hydrogens is 260 g/mol. The second kappa shape index (κ2) is 6.85. The van der Waals surface area contributed by atoms with Gasteiger partial charge < -0.3 is 20.3 Å². The molecular formula is C13H18N4O3. The van der Waals surface area contributed by atoms with E-state index in [1.165, 1.54) is 7.11 Å². The second-order valence-electron chi connectivity index (χ2n) is 4.43. The van der Waals surface area contributed by atoms with Crippen molar-refractivity contribution < 1.29 is 14.3 Å². The fourth-order valence-corrected chi connectivity index (χ4v) is 1.91. The summed E-state index contributed by atoms with van der Waals surface area (Å²) in [5, 5.41) is 5.73. The fraction of sp³-hybridized carbons (Fsp3) is 0.462. The maximum absolute atomic E-state index is 11.9. The van der Waals surface area contributed by atoms with Gasteiger partial charge in [0.2, 0.25) is 5.88 Å². The Bertz CT molecular complexity index is 469. The van der Waals surface area contributed by atoms with Gasteiger partial charge in [0.25, 0.3) is 0 Å². The molecule has 0 aliphatic carbocycles. The van der Waals surface area contributed by atoms with Crippen molar-refractivity contribution >= 4 is 11.8 Å². The maximum atomic E-state index is 11.9. The molecule has 1 saturated heterocycles. The SMILES string of the molecule is COc1ccc(CNC(=O)C(=O)N2CCNCC2)cn1. The number of hydrogen-bond donors (Lipinski definition) is 2. The first kappa shape index (κ1) is 14.3. The molecule has 0 bridgehead atoms. The molecule has 1 aromatic heterocycles. The van der Waals surface area contributed by atoms with Crippen LogP contribution in [-0.4, -0.2) is 55.0 Å². The number of hydrogen-bond acceptors (Lipinski definition) is 5. The minimum Gasteiger partial charge on any atom is -0.481 e. The van der Waals surface area contributed by atoms with E-state index in [1.54, 1.807) is 23.2 Å². The molecule has 0 spiro atoms. The largest absolute Gasteiger partial charge is 0.481 e. The highest BCUT2D eigenvalue weighted by atomic mass is 16.5. The topological polar surface area (TPSA) is 83.6 Å². The number of pyridine rings is 1. The van der Waals surface area contributed by atoms with Crippen LogP contribution in [0.15, 0.2) is 18.3 Å². The second-order valence-corrected chi connectivity index (χ2v) is 4.43. The number of nitrogens with one attached hydrogen (secondary N) is 2. The summed E-state index contributed by atoms with van der Waals surface area (Å²) in [4.78, 5) is 29.2. The summed E-state index contributed by atoms with van der Waals surface area (Å²) in [6, 6.07) is 3.50. The van der Waals surface area contributed by atoms with Gasteiger partial charge in [0.15, 0.2) is 0 Å². The van der Waals surface area contributed by atoms with E-state index in [4.69, 9.17) is 4.74 Å². The minimum absolute atomic E-state index is 0.271. The summed E-state index contributed by atoms with van der Waals surface area (Å²) < 4.78 is 4.95. The molecule has 0 aromatic carbocycles. The lowest BCUT2D eigenvalue weighted by Gasteiger charge is -2.26. The number of rotatable bonds is 3. The molecule has 7 heteroatoms. The zero-order valence-electron chi connectivity index (χ0n) is 11.4. The van der Waals surface area contributed by atoms with Crippen LogP contribution in [0, 0.1) is 0 Å². The normalized spacial score (nSPS) is 14.8. The Labute approximate surface area is 117 Å². The lowest BCUT2D eigenvalue weighted by Crippen LogP contribution is -2.51. The van der Waals surface area contributed by atoms with Crippen molar-refractivity contribution in [3.63, 3.8) is 0 Å². The number of aromatic nitrogens is 1. The number of amides is 2. The first-order valence-electron chi connectivity index (χ1n) is 6.47. The Morgan fingerprint density at radius 2 is 2.15 bits per heavy atom. The highest BCUT2D eigenvalue weighted by molar-refractivity contribution is 6.34. The standard InChI is InChI=1S/C13H18N4O3/c1-20-11-3-2-10(8-15-11)9-16-12(18)13(19)17-6-4-14-5-7-17/h2-3,8,14H,4-7,9H2,1H3,(H,16,18). The molecule has 20 heavy (non-hydrogen) atoms. The molecule has 7 nitrogen and oxygen atoms in total. The number of nitrogens with zero attached hydrogens (tertiary/aromatic N) is 2. The molecule has 2 heterocycles. The van der Waals surface area contributed by atoms with Crippen LogP contribution in [0.3, 0.4) is 0 Å². The third-order valence-electron chi connectivity index (χ3n) is 3.06. The number of carbonyl (C=O) groups is 2. The molecule has 2 rings (SSSR count). The van der Waals surface area contributed by atoms with E-state index in [0.29, 0.717) is 19.0 Å². The van der Waals surface area contributed by atoms with Gasteiger partial charge in [-0.3, -0.25) is 9.59 Å². The van der Waals surface area contributed by atoms with Crippen LogP contribution in [0.4, 0.5) is 0 Å². The zero-order chi connectivity index (χ0) is 14.4. The molecule has 0 saturated carbocycles. The highest BCUT2D eigenvalue weighted by Crippen LogP contribution is 2.06. The van der Waals surface area contributed by atoms with E-state index in [9.17, 15) is 9.59 Å². The van der Waals surface area contributed by atoms with Crippen LogP contribution in [0.1, 0.15) is 5.56 Å². The van der Waals surface area contributed by atoms with Gasteiger partial charge in [-0.1, -0.05) is 6.07 Å². The molecule has 1 aliphatic rings. The van der Waals surface area contributed by atoms with Crippen molar-refractivity contribution in [3.8, 4) is 5.88 Å². The first-order chi connectivity index (χ1) is 9.70. The smallest absolute Gasteiger partial charge is 0.311 e. The number of methoxy groups -OCH3 is 1. The molecule has 0 atom stereocenters. The number of piperazine rings is 1. The number of ether oxygens (including phenoxy) is 1. The van der Waals surface area contributed by atoms with Gasteiger partial charge in [-0.15, -0.1) is 0 Å². The average molecular weight is 278 g/mol. The summed E-state index contributed by atoms with van der Waals surface area (Å²) in [5.74, 6) is -0.548. The molecule has 2 amide bonds. The molecule has 108 valence electrons. The minimum atomic E-state index is -0.581. The van der Waals surface area contributed by atoms with Crippen molar-refractivity contribution in [2.45, 2.75) is 6.54 Å². The van der Waals surface area contributed by atoms with Crippen LogP contribution in [-0.2, 0) is 16.1 Å². The Kier molecular flexibility index (Phi) is 4.89. The third kappa shape index (κ3) is 3.67. The highest BCUT2D eigenvalue weighted by Gasteiger charge is 2.22. The molecule has 1 aromatic rings. The molecule has 0 radical (unpaired) electrons. The lowest BCUT2D eigenvalue weighted by atomic mass is 10.3. The monoisotopic (exact) mass is 278 g/mol. The van der Waals surface area contributed by atoms with Gasteiger partial charge in [0.1, 0.15) is 0 Å². The van der Waals surface area contributed by atoms with E-state index in [0.717, 1.165) is 18.7 Å². The van der Waals surface area contributed by atoms with E-state index in [2.05, 4.69) is 15.6 Å². The van der Waals surface area contributed by atoms with Crippen molar-refractivity contribution in [2.24, 2.45) is 0 Å². The van der Waals surface area contributed by atoms with Gasteiger partial charge in [0.05, 0.1) is 7.11 Å². The van der Waals surface area contributed by atoms with E-state index in [-0.39, 0.29) is 6.54 Å². The lowest BCUT2D eigenvalue weighted by molar-refractivity contribution is -0.146. The van der Waals surface area contributed by atoms with Crippen LogP contribution in [0.2, 0.25) is 0 Å². The Morgan fingerprint density at radius 1 is 1.40 bits per heavy atom. The van der Waals surface area contributed by atoms with Gasteiger partial charge in [-0.05, 0) is 5.56 Å². The van der Waals surface area contributed by atoms with Crippen LogP contribution < -0.4 is 15.4 Å². The predicted molar refractivity (Wildman–Crippen MR) is 72.1 cm³/mol. The number of carbonyl (C=O) groups excluding carboxylic acids is 2. The van der Waals surface area contributed by atoms with E-state index < -0.39 is 11.8 Å². The van der Waals surface area contributed by atoms with Crippen LogP contribution in [0.25, 0.3) is 0 Å². The molecule has 1 aliphatic heterocycles. The third-order valence-corrected chi connectivity index (χ3v) is 3.06. The Balaban J connectivity index is 1.82. The van der Waals surface area contributed by atoms with Crippen molar-refractivity contribution in [2.75, 3.05) is 33.3 Å². The fourth-order valence-electron chi connectivity index (χ4n) is 1.91. The van der Waals surface area contributed by atoms with Crippen LogP contribution >= 0.6 is 0 Å². The summed E-state index contributed by atoms with van der Waals surface area (Å²) in [7, 11) is 1.54. The average Bonchev–Trinajstić information content (AvgIpc) is 2.53. The predicted octanol–water partition coefficient (Wildman–Crippen LogP) is -0.862. The summed E-state index contributed by atoms with van der Waals surface area (Å²) in [5.41, 5.74) is 0.812. The van der Waals surface area contributed by atoms with Gasteiger partial charge >= 0.3 is 11.8 Å². The maximum Gasteiger partial charge on any atom is 0.311 e. The molecule has 1 fully saturated rings. The van der Waals surface area contributed by atoms with Crippen molar-refractivity contribution in [1.29, 1.82) is 0 Å². The Hall–Kier alpha value is -2.15. The Morgan fingerprint density at radius 3 is 2.75 bits per heavy atom. The first-order valence-corrected chi connectivity index (χ1v) is 6.47. The zero-order valence-corrected chi connectivity index (χ0v) is 11.4. The van der Waals surface area contributed by atoms with Crippen molar-refractivity contribution in [3.05, 3.63) is 23.9 Å². The molecule has 2 N–H and O–H groups in total. The summed E-state index contributed by atoms with van der Waals surface area (Å²) >= 11 is 0. The summed E-state index contributed by atoms with van der Waals surface area (Å²) in [6.45, 7) is 2.85. The van der Waals surface area contributed by atoms with Gasteiger partial charge in [-0.2, -0.15) is 0 Å². The van der Waals surface area contributed by atoms with Gasteiger partial charge in [0, 0.05) is 45.0 Å².